The van der Waals surface area contributed by atoms with Gasteiger partial charge in [0.25, 0.3) is 5.91 Å². The Morgan fingerprint density at radius 1 is 1.12 bits per heavy atom. The van der Waals surface area contributed by atoms with Crippen molar-refractivity contribution in [2.45, 2.75) is 31.8 Å². The van der Waals surface area contributed by atoms with Crippen LogP contribution in [-0.2, 0) is 24.1 Å². The third-order valence-electron chi connectivity index (χ3n) is 5.07. The first kappa shape index (κ1) is 15.6. The summed E-state index contributed by atoms with van der Waals surface area (Å²) in [5, 5.41) is 5.52. The summed E-state index contributed by atoms with van der Waals surface area (Å²) in [4.78, 5) is 17.1. The Balaban J connectivity index is 1.30. The average Bonchev–Trinajstić information content (AvgIpc) is 3.39. The number of para-hydroxylation sites is 1. The summed E-state index contributed by atoms with van der Waals surface area (Å²) >= 11 is 1.45. The number of hydrogen-bond donors (Lipinski definition) is 1. The molecule has 1 atom stereocenters. The number of carbonyl (C=O) groups is 1. The van der Waals surface area contributed by atoms with Crippen LogP contribution in [0.1, 0.15) is 23.1 Å². The Kier molecular flexibility index (Phi) is 3.75. The second kappa shape index (κ2) is 6.25. The van der Waals surface area contributed by atoms with Gasteiger partial charge in [0.05, 0.1) is 5.69 Å². The number of ether oxygens (including phenoxy) is 1. The van der Waals surface area contributed by atoms with E-state index in [4.69, 9.17) is 4.74 Å². The highest BCUT2D eigenvalue weighted by atomic mass is 32.1. The number of fused-ring (bicyclic) bond motifs is 2. The van der Waals surface area contributed by atoms with Gasteiger partial charge in [0.2, 0.25) is 0 Å². The summed E-state index contributed by atoms with van der Waals surface area (Å²) in [5.41, 5.74) is 5.99. The number of anilines is 1. The Morgan fingerprint density at radius 2 is 2.00 bits per heavy atom. The van der Waals surface area contributed by atoms with Crippen LogP contribution in [0.5, 0.6) is 5.75 Å². The van der Waals surface area contributed by atoms with Crippen molar-refractivity contribution in [1.29, 1.82) is 0 Å². The minimum absolute atomic E-state index is 0.143. The molecule has 130 valence electrons. The SMILES string of the molecule is O=C(Nc1nc(-c2ccc3c(c2)CCC3)cs1)C1Cc2ccccc2O1. The molecule has 1 aromatic heterocycles. The summed E-state index contributed by atoms with van der Waals surface area (Å²) in [5.74, 6) is 0.654. The number of hydrogen-bond acceptors (Lipinski definition) is 4. The zero-order valence-electron chi connectivity index (χ0n) is 14.2. The fourth-order valence-electron chi connectivity index (χ4n) is 3.71. The van der Waals surface area contributed by atoms with Gasteiger partial charge < -0.3 is 4.74 Å². The van der Waals surface area contributed by atoms with Crippen molar-refractivity contribution >= 4 is 22.4 Å². The molecule has 1 aliphatic carbocycles. The lowest BCUT2D eigenvalue weighted by molar-refractivity contribution is -0.122. The Morgan fingerprint density at radius 3 is 2.92 bits per heavy atom. The summed E-state index contributed by atoms with van der Waals surface area (Å²) in [6.45, 7) is 0. The van der Waals surface area contributed by atoms with E-state index in [1.807, 2.05) is 29.6 Å². The minimum atomic E-state index is -0.486. The normalized spacial score (nSPS) is 17.5. The molecule has 0 bridgehead atoms. The molecule has 1 N–H and O–H groups in total. The number of nitrogens with zero attached hydrogens (tertiary/aromatic N) is 1. The maximum atomic E-state index is 12.5. The van der Waals surface area contributed by atoms with Crippen LogP contribution in [0.4, 0.5) is 5.13 Å². The molecule has 1 amide bonds. The van der Waals surface area contributed by atoms with Crippen molar-refractivity contribution in [3.8, 4) is 17.0 Å². The Hall–Kier alpha value is -2.66. The molecule has 2 aromatic carbocycles. The van der Waals surface area contributed by atoms with Crippen LogP contribution < -0.4 is 10.1 Å². The topological polar surface area (TPSA) is 51.2 Å². The quantitative estimate of drug-likeness (QED) is 0.758. The Labute approximate surface area is 155 Å². The van der Waals surface area contributed by atoms with Gasteiger partial charge in [-0.25, -0.2) is 4.98 Å². The van der Waals surface area contributed by atoms with Crippen molar-refractivity contribution in [3.63, 3.8) is 0 Å². The van der Waals surface area contributed by atoms with Crippen LogP contribution in [0.2, 0.25) is 0 Å². The molecular formula is C21H18N2O2S. The van der Waals surface area contributed by atoms with Crippen molar-refractivity contribution in [2.24, 2.45) is 0 Å². The van der Waals surface area contributed by atoms with Crippen LogP contribution in [0.15, 0.2) is 47.8 Å². The molecule has 0 saturated heterocycles. The highest BCUT2D eigenvalue weighted by Crippen LogP contribution is 2.31. The molecule has 5 rings (SSSR count). The molecule has 0 spiro atoms. The molecule has 3 aromatic rings. The van der Waals surface area contributed by atoms with Crippen LogP contribution in [0, 0.1) is 0 Å². The van der Waals surface area contributed by atoms with Gasteiger partial charge in [-0.15, -0.1) is 11.3 Å². The van der Waals surface area contributed by atoms with E-state index in [2.05, 4.69) is 28.5 Å². The van der Waals surface area contributed by atoms with Crippen molar-refractivity contribution in [2.75, 3.05) is 5.32 Å². The van der Waals surface area contributed by atoms with Crippen LogP contribution in [0.25, 0.3) is 11.3 Å². The predicted octanol–water partition coefficient (Wildman–Crippen LogP) is 4.24. The van der Waals surface area contributed by atoms with Crippen molar-refractivity contribution in [1.82, 2.24) is 4.98 Å². The first-order valence-electron chi connectivity index (χ1n) is 8.89. The minimum Gasteiger partial charge on any atom is -0.480 e. The fourth-order valence-corrected chi connectivity index (χ4v) is 4.43. The smallest absolute Gasteiger partial charge is 0.267 e. The van der Waals surface area contributed by atoms with Gasteiger partial charge in [-0.05, 0) is 48.1 Å². The van der Waals surface area contributed by atoms with Crippen molar-refractivity contribution < 1.29 is 9.53 Å². The molecule has 0 saturated carbocycles. The van der Waals surface area contributed by atoms with Gasteiger partial charge in [0, 0.05) is 17.4 Å². The molecule has 2 heterocycles. The number of aromatic nitrogens is 1. The molecule has 1 aliphatic heterocycles. The number of thiazole rings is 1. The van der Waals surface area contributed by atoms with Crippen molar-refractivity contribution in [3.05, 3.63) is 64.5 Å². The largest absolute Gasteiger partial charge is 0.480 e. The monoisotopic (exact) mass is 362 g/mol. The fraction of sp³-hybridized carbons (Fsp3) is 0.238. The van der Waals surface area contributed by atoms with E-state index in [0.717, 1.165) is 29.0 Å². The summed E-state index contributed by atoms with van der Waals surface area (Å²) in [7, 11) is 0. The molecule has 4 nitrogen and oxygen atoms in total. The first-order chi connectivity index (χ1) is 12.8. The average molecular weight is 362 g/mol. The van der Waals surface area contributed by atoms with Crippen LogP contribution in [0.3, 0.4) is 0 Å². The lowest BCUT2D eigenvalue weighted by Crippen LogP contribution is -2.31. The molecule has 26 heavy (non-hydrogen) atoms. The number of benzene rings is 2. The zero-order valence-corrected chi connectivity index (χ0v) is 15.0. The standard InChI is InChI=1S/C21H18N2O2S/c24-20(19-11-16-4-1-2-7-18(16)25-19)23-21-22-17(12-26-21)15-9-8-13-5-3-6-14(13)10-15/h1-2,4,7-10,12,19H,3,5-6,11H2,(H,22,23,24). The summed E-state index contributed by atoms with van der Waals surface area (Å²) < 4.78 is 5.75. The second-order valence-corrected chi connectivity index (χ2v) is 7.64. The van der Waals surface area contributed by atoms with E-state index in [0.29, 0.717) is 11.6 Å². The van der Waals surface area contributed by atoms with E-state index in [1.54, 1.807) is 0 Å². The predicted molar refractivity (Wildman–Crippen MR) is 103 cm³/mol. The zero-order chi connectivity index (χ0) is 17.5. The van der Waals surface area contributed by atoms with Crippen LogP contribution in [-0.4, -0.2) is 17.0 Å². The van der Waals surface area contributed by atoms with Gasteiger partial charge >= 0.3 is 0 Å². The van der Waals surface area contributed by atoms with Gasteiger partial charge in [-0.3, -0.25) is 10.1 Å². The van der Waals surface area contributed by atoms with E-state index in [1.165, 1.54) is 35.3 Å². The highest BCUT2D eigenvalue weighted by molar-refractivity contribution is 7.14. The number of nitrogens with one attached hydrogen (secondary N) is 1. The van der Waals surface area contributed by atoms with E-state index < -0.39 is 6.10 Å². The summed E-state index contributed by atoms with van der Waals surface area (Å²) in [6.07, 6.45) is 3.68. The lowest BCUT2D eigenvalue weighted by atomic mass is 10.1. The van der Waals surface area contributed by atoms with Gasteiger partial charge in [-0.2, -0.15) is 0 Å². The number of carbonyl (C=O) groups excluding carboxylic acids is 1. The third kappa shape index (κ3) is 2.78. The van der Waals surface area contributed by atoms with E-state index in [-0.39, 0.29) is 5.91 Å². The van der Waals surface area contributed by atoms with E-state index >= 15 is 0 Å². The molecule has 2 aliphatic rings. The highest BCUT2D eigenvalue weighted by Gasteiger charge is 2.29. The molecule has 5 heteroatoms. The molecular weight excluding hydrogens is 344 g/mol. The van der Waals surface area contributed by atoms with E-state index in [9.17, 15) is 4.79 Å². The lowest BCUT2D eigenvalue weighted by Gasteiger charge is -2.09. The summed E-state index contributed by atoms with van der Waals surface area (Å²) in [6, 6.07) is 14.4. The maximum Gasteiger partial charge on any atom is 0.267 e. The first-order valence-corrected chi connectivity index (χ1v) is 9.77. The van der Waals surface area contributed by atoms with Crippen LogP contribution >= 0.6 is 11.3 Å². The number of rotatable bonds is 3. The Bertz CT molecular complexity index is 970. The third-order valence-corrected chi connectivity index (χ3v) is 5.83. The number of amides is 1. The maximum absolute atomic E-state index is 12.5. The molecule has 1 unspecified atom stereocenters. The number of aryl methyl sites for hydroxylation is 2. The van der Waals surface area contributed by atoms with Gasteiger partial charge in [0.1, 0.15) is 5.75 Å². The molecule has 0 fully saturated rings. The van der Waals surface area contributed by atoms with Gasteiger partial charge in [0.15, 0.2) is 11.2 Å². The molecule has 0 radical (unpaired) electrons. The van der Waals surface area contributed by atoms with Gasteiger partial charge in [-0.1, -0.05) is 30.3 Å². The second-order valence-electron chi connectivity index (χ2n) is 6.78.